The first kappa shape index (κ1) is 17.9. The Morgan fingerprint density at radius 2 is 1.73 bits per heavy atom. The summed E-state index contributed by atoms with van der Waals surface area (Å²) in [7, 11) is 3.72. The van der Waals surface area contributed by atoms with Gasteiger partial charge in [0.2, 0.25) is 0 Å². The van der Waals surface area contributed by atoms with E-state index in [0.29, 0.717) is 12.1 Å². The molecule has 0 aromatic heterocycles. The van der Waals surface area contributed by atoms with Gasteiger partial charge in [-0.1, -0.05) is 24.3 Å². The van der Waals surface area contributed by atoms with Crippen LogP contribution in [0.1, 0.15) is 21.8 Å². The third kappa shape index (κ3) is 3.40. The maximum atomic E-state index is 13.2. The van der Waals surface area contributed by atoms with Gasteiger partial charge < -0.3 is 14.9 Å². The summed E-state index contributed by atoms with van der Waals surface area (Å²) >= 11 is 0. The summed E-state index contributed by atoms with van der Waals surface area (Å²) in [6.07, 6.45) is 0. The van der Waals surface area contributed by atoms with Crippen molar-refractivity contribution in [2.75, 3.05) is 32.1 Å². The highest BCUT2D eigenvalue weighted by atomic mass is 19.1. The fourth-order valence-electron chi connectivity index (χ4n) is 3.48. The van der Waals surface area contributed by atoms with Crippen molar-refractivity contribution in [3.63, 3.8) is 0 Å². The predicted octanol–water partition coefficient (Wildman–Crippen LogP) is 2.83. The van der Waals surface area contributed by atoms with Gasteiger partial charge >= 0.3 is 5.97 Å². The molecule has 3 rings (SSSR count). The first-order chi connectivity index (χ1) is 12.4. The first-order valence-electron chi connectivity index (χ1n) is 8.42. The van der Waals surface area contributed by atoms with E-state index in [0.717, 1.165) is 11.3 Å². The monoisotopic (exact) mass is 356 g/mol. The molecule has 0 spiro atoms. The van der Waals surface area contributed by atoms with E-state index in [1.165, 1.54) is 12.1 Å². The molecule has 0 saturated carbocycles. The Labute approximate surface area is 151 Å². The number of carboxylic acid groups (broad SMARTS) is 1. The average Bonchev–Trinajstić information content (AvgIpc) is 3.07. The van der Waals surface area contributed by atoms with Gasteiger partial charge in [-0.15, -0.1) is 0 Å². The van der Waals surface area contributed by atoms with Crippen LogP contribution in [0.2, 0.25) is 0 Å². The minimum atomic E-state index is -0.949. The third-order valence-corrected chi connectivity index (χ3v) is 4.84. The summed E-state index contributed by atoms with van der Waals surface area (Å²) in [5.41, 5.74) is 2.06. The minimum absolute atomic E-state index is 0.137. The highest BCUT2D eigenvalue weighted by molar-refractivity contribution is 6.00. The number of rotatable bonds is 4. The van der Waals surface area contributed by atoms with Gasteiger partial charge in [-0.3, -0.25) is 9.59 Å². The number of hydrogen-bond acceptors (Lipinski definition) is 3. The van der Waals surface area contributed by atoms with Crippen molar-refractivity contribution in [2.24, 2.45) is 5.92 Å². The SMILES string of the molecule is CN(C)c1ccccc1C(=O)N1C[C@@H](C(=O)O)[C@H](c2ccc(F)cc2)C1. The standard InChI is InChI=1S/C20H21FN2O3/c1-22(2)18-6-4-3-5-15(18)19(24)23-11-16(17(12-23)20(25)26)13-7-9-14(21)10-8-13/h3-10,16-17H,11-12H2,1-2H3,(H,25,26)/t16-,17+/m0/s1. The van der Waals surface area contributed by atoms with Gasteiger partial charge in [0.05, 0.1) is 11.5 Å². The number of amides is 1. The number of likely N-dealkylation sites (tertiary alicyclic amines) is 1. The molecule has 1 heterocycles. The zero-order chi connectivity index (χ0) is 18.8. The normalized spacial score (nSPS) is 19.4. The Morgan fingerprint density at radius 1 is 1.08 bits per heavy atom. The van der Waals surface area contributed by atoms with Gasteiger partial charge in [0.25, 0.3) is 5.91 Å². The fourth-order valence-corrected chi connectivity index (χ4v) is 3.48. The minimum Gasteiger partial charge on any atom is -0.481 e. The third-order valence-electron chi connectivity index (χ3n) is 4.84. The van der Waals surface area contributed by atoms with Crippen molar-refractivity contribution in [3.8, 4) is 0 Å². The lowest BCUT2D eigenvalue weighted by Gasteiger charge is -2.21. The Hall–Kier alpha value is -2.89. The molecule has 6 heteroatoms. The number of carbonyl (C=O) groups is 2. The molecule has 1 N–H and O–H groups in total. The quantitative estimate of drug-likeness (QED) is 0.915. The van der Waals surface area contributed by atoms with Gasteiger partial charge in [-0.2, -0.15) is 0 Å². The molecule has 2 aromatic rings. The molecule has 0 aliphatic carbocycles. The smallest absolute Gasteiger partial charge is 0.308 e. The van der Waals surface area contributed by atoms with Gasteiger partial charge in [-0.05, 0) is 29.8 Å². The zero-order valence-electron chi connectivity index (χ0n) is 14.7. The topological polar surface area (TPSA) is 60.9 Å². The van der Waals surface area contributed by atoms with Crippen molar-refractivity contribution >= 4 is 17.6 Å². The molecule has 1 amide bonds. The van der Waals surface area contributed by atoms with Crippen molar-refractivity contribution in [3.05, 3.63) is 65.5 Å². The zero-order valence-corrected chi connectivity index (χ0v) is 14.7. The van der Waals surface area contributed by atoms with E-state index in [1.54, 1.807) is 29.2 Å². The van der Waals surface area contributed by atoms with E-state index >= 15 is 0 Å². The summed E-state index contributed by atoms with van der Waals surface area (Å²) in [4.78, 5) is 28.2. The lowest BCUT2D eigenvalue weighted by atomic mass is 9.89. The molecule has 1 aliphatic rings. The first-order valence-corrected chi connectivity index (χ1v) is 8.42. The largest absolute Gasteiger partial charge is 0.481 e. The number of anilines is 1. The summed E-state index contributed by atoms with van der Waals surface area (Å²) in [5.74, 6) is -2.58. The number of para-hydroxylation sites is 1. The highest BCUT2D eigenvalue weighted by Crippen LogP contribution is 2.34. The molecule has 0 radical (unpaired) electrons. The van der Waals surface area contributed by atoms with Crippen LogP contribution in [0.25, 0.3) is 0 Å². The fraction of sp³-hybridized carbons (Fsp3) is 0.300. The number of carbonyl (C=O) groups excluding carboxylic acids is 1. The molecular weight excluding hydrogens is 335 g/mol. The van der Waals surface area contributed by atoms with Crippen molar-refractivity contribution in [1.82, 2.24) is 4.90 Å². The van der Waals surface area contributed by atoms with Crippen molar-refractivity contribution in [1.29, 1.82) is 0 Å². The second-order valence-electron chi connectivity index (χ2n) is 6.72. The van der Waals surface area contributed by atoms with E-state index in [9.17, 15) is 19.1 Å². The predicted molar refractivity (Wildman–Crippen MR) is 96.9 cm³/mol. The van der Waals surface area contributed by atoms with E-state index in [-0.39, 0.29) is 24.2 Å². The summed E-state index contributed by atoms with van der Waals surface area (Å²) in [6.45, 7) is 0.432. The molecule has 136 valence electrons. The highest BCUT2D eigenvalue weighted by Gasteiger charge is 2.41. The number of aliphatic carboxylic acids is 1. The second-order valence-corrected chi connectivity index (χ2v) is 6.72. The number of hydrogen-bond donors (Lipinski definition) is 1. The van der Waals surface area contributed by atoms with Crippen LogP contribution in [-0.4, -0.2) is 49.1 Å². The Balaban J connectivity index is 1.89. The molecule has 1 aliphatic heterocycles. The van der Waals surface area contributed by atoms with E-state index in [1.807, 2.05) is 31.1 Å². The van der Waals surface area contributed by atoms with Gasteiger partial charge in [-0.25, -0.2) is 4.39 Å². The van der Waals surface area contributed by atoms with Crippen LogP contribution in [0.4, 0.5) is 10.1 Å². The van der Waals surface area contributed by atoms with Crippen molar-refractivity contribution < 1.29 is 19.1 Å². The molecule has 1 fully saturated rings. The number of benzene rings is 2. The number of carboxylic acids is 1. The van der Waals surface area contributed by atoms with Crippen LogP contribution in [0.5, 0.6) is 0 Å². The van der Waals surface area contributed by atoms with E-state index in [2.05, 4.69) is 0 Å². The van der Waals surface area contributed by atoms with Gasteiger partial charge in [0.15, 0.2) is 0 Å². The van der Waals surface area contributed by atoms with E-state index < -0.39 is 11.9 Å². The number of halogens is 1. The van der Waals surface area contributed by atoms with Gasteiger partial charge in [0.1, 0.15) is 5.82 Å². The number of nitrogens with zero attached hydrogens (tertiary/aromatic N) is 2. The Bertz CT molecular complexity index is 820. The Morgan fingerprint density at radius 3 is 2.35 bits per heavy atom. The van der Waals surface area contributed by atoms with Crippen LogP contribution in [0.15, 0.2) is 48.5 Å². The second kappa shape index (κ2) is 7.15. The summed E-state index contributed by atoms with van der Waals surface area (Å²) in [6, 6.07) is 13.1. The molecule has 2 atom stereocenters. The molecule has 0 bridgehead atoms. The molecular formula is C20H21FN2O3. The summed E-state index contributed by atoms with van der Waals surface area (Å²) < 4.78 is 13.2. The van der Waals surface area contributed by atoms with Crippen LogP contribution in [0, 0.1) is 11.7 Å². The van der Waals surface area contributed by atoms with Crippen LogP contribution in [0.3, 0.4) is 0 Å². The molecule has 5 nitrogen and oxygen atoms in total. The molecule has 1 saturated heterocycles. The maximum absolute atomic E-state index is 13.2. The lowest BCUT2D eigenvalue weighted by molar-refractivity contribution is -0.141. The van der Waals surface area contributed by atoms with Gasteiger partial charge in [0, 0.05) is 38.8 Å². The van der Waals surface area contributed by atoms with Crippen LogP contribution < -0.4 is 4.90 Å². The lowest BCUT2D eigenvalue weighted by Crippen LogP contribution is -2.31. The Kier molecular flexibility index (Phi) is 4.93. The van der Waals surface area contributed by atoms with Crippen molar-refractivity contribution in [2.45, 2.75) is 5.92 Å². The molecule has 0 unspecified atom stereocenters. The summed E-state index contributed by atoms with van der Waals surface area (Å²) in [5, 5.41) is 9.59. The average molecular weight is 356 g/mol. The van der Waals surface area contributed by atoms with E-state index in [4.69, 9.17) is 0 Å². The maximum Gasteiger partial charge on any atom is 0.308 e. The molecule has 2 aromatic carbocycles. The van der Waals surface area contributed by atoms with Crippen LogP contribution in [-0.2, 0) is 4.79 Å². The van der Waals surface area contributed by atoms with Crippen LogP contribution >= 0.6 is 0 Å². The molecule has 26 heavy (non-hydrogen) atoms.